The third-order valence-electron chi connectivity index (χ3n) is 3.41. The van der Waals surface area contributed by atoms with Crippen molar-refractivity contribution in [1.82, 2.24) is 9.13 Å². The molecule has 0 radical (unpaired) electrons. The van der Waals surface area contributed by atoms with E-state index >= 15 is 0 Å². The highest BCUT2D eigenvalue weighted by Gasteiger charge is 2.41. The van der Waals surface area contributed by atoms with E-state index < -0.39 is 35.9 Å². The molecule has 1 aromatic heterocycles. The van der Waals surface area contributed by atoms with Gasteiger partial charge in [-0.05, 0) is 42.8 Å². The first-order chi connectivity index (χ1) is 11.6. The van der Waals surface area contributed by atoms with E-state index in [9.17, 15) is 27.2 Å². The number of aromatic nitrogens is 2. The summed E-state index contributed by atoms with van der Waals surface area (Å²) in [5.41, 5.74) is -0.162. The molecule has 25 heavy (non-hydrogen) atoms. The largest absolute Gasteiger partial charge is 0.487 e. The number of rotatable bonds is 7. The zero-order valence-corrected chi connectivity index (χ0v) is 13.6. The molecule has 136 valence electrons. The molecule has 10 heteroatoms. The minimum atomic E-state index is -4.25. The molecule has 0 aliphatic carbocycles. The van der Waals surface area contributed by atoms with Crippen molar-refractivity contribution < 1.29 is 27.1 Å². The van der Waals surface area contributed by atoms with Crippen molar-refractivity contribution in [3.05, 3.63) is 47.1 Å². The van der Waals surface area contributed by atoms with Gasteiger partial charge in [-0.15, -0.1) is 0 Å². The molecule has 0 fully saturated rings. The van der Waals surface area contributed by atoms with Crippen molar-refractivity contribution in [1.29, 1.82) is 0 Å². The van der Waals surface area contributed by atoms with E-state index in [0.29, 0.717) is 5.69 Å². The maximum atomic E-state index is 12.8. The molecular formula is C15H13ClF4N2O3. The Morgan fingerprint density at radius 2 is 1.84 bits per heavy atom. The number of carbonyl (C=O) groups excluding carboxylic acids is 1. The Kier molecular flexibility index (Phi) is 5.56. The van der Waals surface area contributed by atoms with Gasteiger partial charge in [0, 0.05) is 12.4 Å². The Bertz CT molecular complexity index is 802. The van der Waals surface area contributed by atoms with Crippen molar-refractivity contribution in [2.24, 2.45) is 0 Å². The molecule has 0 saturated heterocycles. The van der Waals surface area contributed by atoms with E-state index in [2.05, 4.69) is 4.74 Å². The Morgan fingerprint density at radius 3 is 2.36 bits per heavy atom. The van der Waals surface area contributed by atoms with Crippen LogP contribution in [0.2, 0.25) is 0 Å². The Morgan fingerprint density at radius 1 is 1.24 bits per heavy atom. The molecule has 0 bridgehead atoms. The lowest BCUT2D eigenvalue weighted by Crippen LogP contribution is -2.33. The van der Waals surface area contributed by atoms with Crippen LogP contribution in [0.25, 0.3) is 5.69 Å². The molecular weight excluding hydrogens is 368 g/mol. The molecule has 2 aromatic rings. The quantitative estimate of drug-likeness (QED) is 0.547. The lowest BCUT2D eigenvalue weighted by atomic mass is 10.3. The molecule has 0 aliphatic rings. The van der Waals surface area contributed by atoms with Gasteiger partial charge in [-0.2, -0.15) is 8.78 Å². The Labute approximate surface area is 144 Å². The molecule has 0 aliphatic heterocycles. The van der Waals surface area contributed by atoms with Gasteiger partial charge in [-0.1, -0.05) is 0 Å². The summed E-state index contributed by atoms with van der Waals surface area (Å²) < 4.78 is 56.7. The fourth-order valence-corrected chi connectivity index (χ4v) is 2.04. The molecule has 2 rings (SSSR count). The molecule has 1 aromatic carbocycles. The van der Waals surface area contributed by atoms with Gasteiger partial charge >= 0.3 is 18.0 Å². The van der Waals surface area contributed by atoms with Gasteiger partial charge < -0.3 is 4.74 Å². The summed E-state index contributed by atoms with van der Waals surface area (Å²) >= 11 is 5.37. The maximum Gasteiger partial charge on any atom is 0.340 e. The van der Waals surface area contributed by atoms with Crippen LogP contribution in [0.5, 0.6) is 5.75 Å². The number of alkyl halides is 4. The minimum Gasteiger partial charge on any atom is -0.487 e. The number of hydrogen-bond donors (Lipinski definition) is 0. The van der Waals surface area contributed by atoms with Crippen molar-refractivity contribution >= 4 is 16.8 Å². The van der Waals surface area contributed by atoms with E-state index in [1.54, 1.807) is 0 Å². The second-order valence-electron chi connectivity index (χ2n) is 5.18. The van der Waals surface area contributed by atoms with Crippen molar-refractivity contribution in [3.8, 4) is 11.4 Å². The number of halogens is 5. The molecule has 1 unspecified atom stereocenters. The fraction of sp³-hybridized carbons (Fsp3) is 0.333. The van der Waals surface area contributed by atoms with Gasteiger partial charge in [-0.3, -0.25) is 13.9 Å². The summed E-state index contributed by atoms with van der Waals surface area (Å²) in [6.45, 7) is -0.00309. The van der Waals surface area contributed by atoms with Gasteiger partial charge in [0.1, 0.15) is 11.8 Å². The topological polar surface area (TPSA) is 53.2 Å². The predicted octanol–water partition coefficient (Wildman–Crippen LogP) is 3.24. The van der Waals surface area contributed by atoms with E-state index in [1.165, 1.54) is 48.1 Å². The van der Waals surface area contributed by atoms with Gasteiger partial charge in [0.25, 0.3) is 0 Å². The first kappa shape index (κ1) is 19.0. The van der Waals surface area contributed by atoms with Crippen molar-refractivity contribution in [2.75, 3.05) is 6.61 Å². The zero-order valence-electron chi connectivity index (χ0n) is 12.8. The number of carbonyl (C=O) groups is 1. The molecule has 1 atom stereocenters. The number of imidazole rings is 1. The van der Waals surface area contributed by atoms with Gasteiger partial charge in [0.15, 0.2) is 6.61 Å². The van der Waals surface area contributed by atoms with Crippen LogP contribution in [-0.4, -0.2) is 33.3 Å². The zero-order chi connectivity index (χ0) is 18.8. The highest BCUT2D eigenvalue weighted by Crippen LogP contribution is 2.24. The highest BCUT2D eigenvalue weighted by molar-refractivity contribution is 6.64. The average Bonchev–Trinajstić information content (AvgIpc) is 2.94. The van der Waals surface area contributed by atoms with Crippen LogP contribution < -0.4 is 10.4 Å². The summed E-state index contributed by atoms with van der Waals surface area (Å²) in [7, 11) is 0. The van der Waals surface area contributed by atoms with Crippen LogP contribution in [-0.2, 0) is 4.79 Å². The lowest BCUT2D eigenvalue weighted by molar-refractivity contribution is -0.148. The normalized spacial score (nSPS) is 13.1. The summed E-state index contributed by atoms with van der Waals surface area (Å²) in [6.07, 6.45) is -1.04. The van der Waals surface area contributed by atoms with E-state index in [0.717, 1.165) is 4.57 Å². The average molecular weight is 381 g/mol. The third kappa shape index (κ3) is 4.22. The maximum absolute atomic E-state index is 12.8. The van der Waals surface area contributed by atoms with Crippen molar-refractivity contribution in [3.63, 3.8) is 0 Å². The molecule has 0 spiro atoms. The Hall–Kier alpha value is -2.29. The van der Waals surface area contributed by atoms with Crippen molar-refractivity contribution in [2.45, 2.75) is 25.3 Å². The SMILES string of the molecule is CC(C(=O)Cl)n1ccn(-c2ccc(OCC(F)(F)C(F)F)cc2)c1=O. The van der Waals surface area contributed by atoms with E-state index in [4.69, 9.17) is 11.6 Å². The van der Waals surface area contributed by atoms with Crippen LogP contribution in [0.4, 0.5) is 17.6 Å². The molecule has 0 N–H and O–H groups in total. The van der Waals surface area contributed by atoms with Gasteiger partial charge in [-0.25, -0.2) is 13.6 Å². The summed E-state index contributed by atoms with van der Waals surface area (Å²) in [5.74, 6) is -4.31. The first-order valence-electron chi connectivity index (χ1n) is 7.01. The smallest absolute Gasteiger partial charge is 0.340 e. The van der Waals surface area contributed by atoms with Crippen LogP contribution >= 0.6 is 11.6 Å². The first-order valence-corrected chi connectivity index (χ1v) is 7.39. The van der Waals surface area contributed by atoms with E-state index in [-0.39, 0.29) is 5.75 Å². The molecule has 0 saturated carbocycles. The van der Waals surface area contributed by atoms with Crippen LogP contribution in [0.3, 0.4) is 0 Å². The number of nitrogens with zero attached hydrogens (tertiary/aromatic N) is 2. The minimum absolute atomic E-state index is 0.0548. The van der Waals surface area contributed by atoms with Gasteiger partial charge in [0.05, 0.1) is 5.69 Å². The summed E-state index contributed by atoms with van der Waals surface area (Å²) in [5, 5.41) is -0.705. The molecule has 1 heterocycles. The summed E-state index contributed by atoms with van der Waals surface area (Å²) in [6, 6.07) is 4.44. The Balaban J connectivity index is 2.16. The third-order valence-corrected chi connectivity index (χ3v) is 3.73. The predicted molar refractivity (Wildman–Crippen MR) is 82.0 cm³/mol. The summed E-state index contributed by atoms with van der Waals surface area (Å²) in [4.78, 5) is 23.4. The lowest BCUT2D eigenvalue weighted by Gasteiger charge is -2.16. The van der Waals surface area contributed by atoms with Crippen LogP contribution in [0, 0.1) is 0 Å². The van der Waals surface area contributed by atoms with E-state index in [1.807, 2.05) is 0 Å². The monoisotopic (exact) mass is 380 g/mol. The van der Waals surface area contributed by atoms with Crippen LogP contribution in [0.15, 0.2) is 41.5 Å². The standard InChI is InChI=1S/C15H13ClF4N2O3/c1-9(12(16)23)21-6-7-22(14(21)24)10-2-4-11(5-3-10)25-8-15(19,20)13(17)18/h2-7,9,13H,8H2,1H3. The van der Waals surface area contributed by atoms with Crippen LogP contribution in [0.1, 0.15) is 13.0 Å². The van der Waals surface area contributed by atoms with Gasteiger partial charge in [0.2, 0.25) is 5.24 Å². The molecule has 5 nitrogen and oxygen atoms in total. The number of ether oxygens (including phenoxy) is 1. The fourth-order valence-electron chi connectivity index (χ4n) is 1.94. The second kappa shape index (κ2) is 7.30. The second-order valence-corrected chi connectivity index (χ2v) is 5.55. The number of benzene rings is 1. The number of hydrogen-bond acceptors (Lipinski definition) is 3. The highest BCUT2D eigenvalue weighted by atomic mass is 35.5. The molecule has 0 amide bonds.